The summed E-state index contributed by atoms with van der Waals surface area (Å²) >= 11 is 6.06. The van der Waals surface area contributed by atoms with E-state index in [4.69, 9.17) is 16.3 Å². The van der Waals surface area contributed by atoms with Crippen LogP contribution in [0.25, 0.3) is 22.4 Å². The van der Waals surface area contributed by atoms with Gasteiger partial charge in [-0.05, 0) is 32.8 Å². The number of halogens is 2. The Morgan fingerprint density at radius 3 is 3.03 bits per heavy atom. The molecule has 158 valence electrons. The van der Waals surface area contributed by atoms with E-state index in [0.29, 0.717) is 35.1 Å². The maximum atomic E-state index is 14.4. The van der Waals surface area contributed by atoms with Crippen molar-refractivity contribution in [1.29, 1.82) is 0 Å². The Morgan fingerprint density at radius 2 is 2.23 bits per heavy atom. The van der Waals surface area contributed by atoms with Gasteiger partial charge < -0.3 is 19.9 Å². The largest absolute Gasteiger partial charge is 0.447 e. The number of pyridine rings is 1. The van der Waals surface area contributed by atoms with Gasteiger partial charge in [0, 0.05) is 42.5 Å². The van der Waals surface area contributed by atoms with Gasteiger partial charge in [0.15, 0.2) is 17.5 Å². The van der Waals surface area contributed by atoms with Crippen molar-refractivity contribution in [3.63, 3.8) is 0 Å². The molecule has 0 aliphatic carbocycles. The number of ether oxygens (including phenoxy) is 1. The van der Waals surface area contributed by atoms with Gasteiger partial charge in [0.05, 0.1) is 17.3 Å². The lowest BCUT2D eigenvalue weighted by Gasteiger charge is -2.33. The summed E-state index contributed by atoms with van der Waals surface area (Å²) in [4.78, 5) is 29.6. The van der Waals surface area contributed by atoms with Gasteiger partial charge in [-0.3, -0.25) is 0 Å². The van der Waals surface area contributed by atoms with Gasteiger partial charge in [0.25, 0.3) is 0 Å². The van der Waals surface area contributed by atoms with Crippen LogP contribution in [0.2, 0.25) is 5.02 Å². The number of piperidine rings is 1. The third-order valence-corrected chi connectivity index (χ3v) is 5.05. The van der Waals surface area contributed by atoms with E-state index in [1.807, 2.05) is 13.8 Å². The highest BCUT2D eigenvalue weighted by atomic mass is 35.5. The monoisotopic (exact) mass is 432 g/mol. The summed E-state index contributed by atoms with van der Waals surface area (Å²) in [5.41, 5.74) is 1.32. The number of anilines is 1. The zero-order valence-electron chi connectivity index (χ0n) is 16.7. The molecule has 1 fully saturated rings. The molecule has 4 heterocycles. The van der Waals surface area contributed by atoms with E-state index in [9.17, 15) is 9.18 Å². The van der Waals surface area contributed by atoms with E-state index < -0.39 is 5.82 Å². The fourth-order valence-electron chi connectivity index (χ4n) is 3.49. The molecule has 4 rings (SSSR count). The Hall–Kier alpha value is -2.94. The Bertz CT molecular complexity index is 1070. The predicted molar refractivity (Wildman–Crippen MR) is 112 cm³/mol. The van der Waals surface area contributed by atoms with Crippen LogP contribution in [0.4, 0.5) is 15.0 Å². The lowest BCUT2D eigenvalue weighted by molar-refractivity contribution is 0.0695. The Kier molecular flexibility index (Phi) is 5.72. The van der Waals surface area contributed by atoms with E-state index >= 15 is 0 Å². The van der Waals surface area contributed by atoms with Crippen molar-refractivity contribution in [3.05, 3.63) is 35.5 Å². The lowest BCUT2D eigenvalue weighted by Crippen LogP contribution is -2.46. The molecule has 0 aromatic carbocycles. The molecule has 2 N–H and O–H groups in total. The molecule has 0 unspecified atom stereocenters. The van der Waals surface area contributed by atoms with Crippen LogP contribution in [-0.2, 0) is 4.74 Å². The van der Waals surface area contributed by atoms with Gasteiger partial charge in [-0.25, -0.2) is 24.1 Å². The van der Waals surface area contributed by atoms with Crippen molar-refractivity contribution in [2.24, 2.45) is 0 Å². The summed E-state index contributed by atoms with van der Waals surface area (Å²) < 4.78 is 19.7. The molecular weight excluding hydrogens is 411 g/mol. The van der Waals surface area contributed by atoms with Crippen molar-refractivity contribution in [1.82, 2.24) is 24.8 Å². The highest BCUT2D eigenvalue weighted by Gasteiger charge is 2.26. The van der Waals surface area contributed by atoms with Crippen molar-refractivity contribution >= 4 is 34.5 Å². The zero-order valence-corrected chi connectivity index (χ0v) is 17.4. The number of fused-ring (bicyclic) bond motifs is 1. The smallest absolute Gasteiger partial charge is 0.410 e. The minimum Gasteiger partial charge on any atom is -0.447 e. The SMILES string of the molecule is CC(C)OC(=O)N1CCC[C@H](Nc2nc(-c3c[nH]c4ncc(Cl)cc34)ncc2F)C1. The number of nitrogens with one attached hydrogen (secondary N) is 2. The summed E-state index contributed by atoms with van der Waals surface area (Å²) in [6.07, 6.45) is 5.43. The summed E-state index contributed by atoms with van der Waals surface area (Å²) in [5, 5.41) is 4.36. The van der Waals surface area contributed by atoms with Crippen molar-refractivity contribution < 1.29 is 13.9 Å². The summed E-state index contributed by atoms with van der Waals surface area (Å²) in [6, 6.07) is 1.62. The molecule has 10 heteroatoms. The number of hydrogen-bond acceptors (Lipinski definition) is 6. The first-order valence-corrected chi connectivity index (χ1v) is 10.2. The molecule has 0 spiro atoms. The van der Waals surface area contributed by atoms with Crippen LogP contribution >= 0.6 is 11.6 Å². The van der Waals surface area contributed by atoms with E-state index in [0.717, 1.165) is 24.4 Å². The van der Waals surface area contributed by atoms with Crippen LogP contribution in [-0.4, -0.2) is 56.2 Å². The van der Waals surface area contributed by atoms with Gasteiger partial charge in [-0.15, -0.1) is 0 Å². The molecule has 1 aliphatic heterocycles. The molecule has 1 amide bonds. The minimum absolute atomic E-state index is 0.0911. The molecule has 0 bridgehead atoms. The van der Waals surface area contributed by atoms with Crippen molar-refractivity contribution in [3.8, 4) is 11.4 Å². The highest BCUT2D eigenvalue weighted by molar-refractivity contribution is 6.31. The molecule has 1 atom stereocenters. The summed E-state index contributed by atoms with van der Waals surface area (Å²) in [5.74, 6) is -0.119. The van der Waals surface area contributed by atoms with E-state index in [2.05, 4.69) is 25.3 Å². The minimum atomic E-state index is -0.559. The Morgan fingerprint density at radius 1 is 1.40 bits per heavy atom. The van der Waals surface area contributed by atoms with Crippen LogP contribution in [0.1, 0.15) is 26.7 Å². The van der Waals surface area contributed by atoms with E-state index in [1.165, 1.54) is 0 Å². The van der Waals surface area contributed by atoms with Crippen molar-refractivity contribution in [2.75, 3.05) is 18.4 Å². The highest BCUT2D eigenvalue weighted by Crippen LogP contribution is 2.28. The number of amides is 1. The lowest BCUT2D eigenvalue weighted by atomic mass is 10.1. The maximum absolute atomic E-state index is 14.4. The summed E-state index contributed by atoms with van der Waals surface area (Å²) in [7, 11) is 0. The van der Waals surface area contributed by atoms with Gasteiger partial charge in [-0.2, -0.15) is 0 Å². The molecule has 1 saturated heterocycles. The molecule has 30 heavy (non-hydrogen) atoms. The third kappa shape index (κ3) is 4.30. The first-order valence-electron chi connectivity index (χ1n) is 9.78. The quantitative estimate of drug-likeness (QED) is 0.640. The third-order valence-electron chi connectivity index (χ3n) is 4.84. The standard InChI is InChI=1S/C20H22ClFN6O2/c1-11(2)30-20(29)28-5-3-4-13(10-28)26-19-16(22)9-25-18(27-19)15-8-24-17-14(15)6-12(21)7-23-17/h6-9,11,13H,3-5,10H2,1-2H3,(H,23,24)(H,25,26,27)/t13-/m0/s1. The van der Waals surface area contributed by atoms with Crippen LogP contribution in [0.5, 0.6) is 0 Å². The van der Waals surface area contributed by atoms with E-state index in [1.54, 1.807) is 23.4 Å². The fourth-order valence-corrected chi connectivity index (χ4v) is 3.65. The normalized spacial score (nSPS) is 16.8. The molecular formula is C20H22ClFN6O2. The number of carbonyl (C=O) groups is 1. The number of carbonyl (C=O) groups excluding carboxylic acids is 1. The molecule has 0 radical (unpaired) electrons. The Balaban J connectivity index is 1.55. The number of H-pyrrole nitrogens is 1. The van der Waals surface area contributed by atoms with Crippen LogP contribution < -0.4 is 5.32 Å². The number of nitrogens with zero attached hydrogens (tertiary/aromatic N) is 4. The fraction of sp³-hybridized carbons (Fsp3) is 0.400. The van der Waals surface area contributed by atoms with Crippen molar-refractivity contribution in [2.45, 2.75) is 38.8 Å². The summed E-state index contributed by atoms with van der Waals surface area (Å²) in [6.45, 7) is 4.65. The topological polar surface area (TPSA) is 96.0 Å². The second-order valence-electron chi connectivity index (χ2n) is 7.50. The second kappa shape index (κ2) is 8.43. The molecule has 3 aromatic heterocycles. The zero-order chi connectivity index (χ0) is 21.3. The Labute approximate surface area is 177 Å². The van der Waals surface area contributed by atoms with Gasteiger partial charge >= 0.3 is 6.09 Å². The molecule has 8 nitrogen and oxygen atoms in total. The second-order valence-corrected chi connectivity index (χ2v) is 7.94. The number of aromatic nitrogens is 4. The molecule has 3 aromatic rings. The first kappa shape index (κ1) is 20.3. The van der Waals surface area contributed by atoms with Crippen LogP contribution in [0.3, 0.4) is 0 Å². The first-order chi connectivity index (χ1) is 14.4. The van der Waals surface area contributed by atoms with Gasteiger partial charge in [0.1, 0.15) is 5.65 Å². The van der Waals surface area contributed by atoms with Gasteiger partial charge in [0.2, 0.25) is 0 Å². The van der Waals surface area contributed by atoms with E-state index in [-0.39, 0.29) is 24.1 Å². The predicted octanol–water partition coefficient (Wildman–Crippen LogP) is 4.23. The van der Waals surface area contributed by atoms with Gasteiger partial charge in [-0.1, -0.05) is 11.6 Å². The molecule has 1 aliphatic rings. The maximum Gasteiger partial charge on any atom is 0.410 e. The number of rotatable bonds is 4. The number of hydrogen-bond donors (Lipinski definition) is 2. The molecule has 0 saturated carbocycles. The number of likely N-dealkylation sites (tertiary alicyclic amines) is 1. The average molecular weight is 433 g/mol. The van der Waals surface area contributed by atoms with Crippen LogP contribution in [0.15, 0.2) is 24.7 Å². The van der Waals surface area contributed by atoms with Crippen LogP contribution in [0, 0.1) is 5.82 Å². The average Bonchev–Trinajstić information content (AvgIpc) is 3.12. The number of aromatic amines is 1.